The number of carbonyl (C=O) groups excluding carboxylic acids is 1. The average Bonchev–Trinajstić information content (AvgIpc) is 2.84. The minimum Gasteiger partial charge on any atom is -0.481 e. The lowest BCUT2D eigenvalue weighted by atomic mass is 10.0. The predicted molar refractivity (Wildman–Crippen MR) is 69.9 cm³/mol. The van der Waals surface area contributed by atoms with Crippen molar-refractivity contribution in [2.75, 3.05) is 13.1 Å². The van der Waals surface area contributed by atoms with Crippen LogP contribution in [0.4, 0.5) is 0 Å². The Kier molecular flexibility index (Phi) is 4.14. The number of hydrogen-bond donors (Lipinski definition) is 1. The maximum Gasteiger partial charge on any atom is 0.303 e. The van der Waals surface area contributed by atoms with E-state index in [2.05, 4.69) is 4.98 Å². The number of likely N-dealkylation sites (tertiary alicyclic amines) is 1. The van der Waals surface area contributed by atoms with Crippen molar-refractivity contribution in [1.82, 2.24) is 9.88 Å². The van der Waals surface area contributed by atoms with Crippen molar-refractivity contribution in [2.24, 2.45) is 5.92 Å². The molecule has 102 valence electrons. The van der Waals surface area contributed by atoms with Crippen LogP contribution in [0, 0.1) is 12.8 Å². The largest absolute Gasteiger partial charge is 0.481 e. The van der Waals surface area contributed by atoms with Gasteiger partial charge in [-0.25, -0.2) is 4.98 Å². The molecule has 0 aliphatic carbocycles. The second kappa shape index (κ2) is 5.82. The number of rotatable bonds is 4. The zero-order valence-corrected chi connectivity index (χ0v) is 11.0. The molecule has 1 aromatic heterocycles. The lowest BCUT2D eigenvalue weighted by Gasteiger charge is -2.16. The van der Waals surface area contributed by atoms with E-state index in [1.54, 1.807) is 11.0 Å². The highest BCUT2D eigenvalue weighted by atomic mass is 16.4. The van der Waals surface area contributed by atoms with Crippen molar-refractivity contribution in [2.45, 2.75) is 26.2 Å². The lowest BCUT2D eigenvalue weighted by molar-refractivity contribution is -0.137. The number of aromatic nitrogens is 1. The first-order valence-electron chi connectivity index (χ1n) is 6.51. The molecule has 0 radical (unpaired) electrons. The van der Waals surface area contributed by atoms with E-state index in [4.69, 9.17) is 5.11 Å². The normalized spacial score (nSPS) is 18.6. The van der Waals surface area contributed by atoms with Crippen LogP contribution in [0.15, 0.2) is 18.2 Å². The lowest BCUT2D eigenvalue weighted by Crippen LogP contribution is -2.29. The van der Waals surface area contributed by atoms with Crippen LogP contribution < -0.4 is 0 Å². The van der Waals surface area contributed by atoms with Gasteiger partial charge in [0, 0.05) is 25.2 Å². The number of carbonyl (C=O) groups is 2. The Bertz CT molecular complexity index is 487. The van der Waals surface area contributed by atoms with Crippen molar-refractivity contribution in [3.05, 3.63) is 29.6 Å². The molecule has 19 heavy (non-hydrogen) atoms. The van der Waals surface area contributed by atoms with E-state index in [0.29, 0.717) is 31.1 Å². The van der Waals surface area contributed by atoms with E-state index < -0.39 is 5.97 Å². The van der Waals surface area contributed by atoms with Crippen molar-refractivity contribution in [1.29, 1.82) is 0 Å². The quantitative estimate of drug-likeness (QED) is 0.896. The van der Waals surface area contributed by atoms with E-state index in [1.165, 1.54) is 0 Å². The Labute approximate surface area is 112 Å². The van der Waals surface area contributed by atoms with Gasteiger partial charge in [-0.1, -0.05) is 6.07 Å². The molecule has 0 saturated carbocycles. The summed E-state index contributed by atoms with van der Waals surface area (Å²) in [6, 6.07) is 5.41. The van der Waals surface area contributed by atoms with E-state index in [-0.39, 0.29) is 12.3 Å². The molecular weight excluding hydrogens is 244 g/mol. The smallest absolute Gasteiger partial charge is 0.303 e. The van der Waals surface area contributed by atoms with Gasteiger partial charge in [0.1, 0.15) is 5.69 Å². The Balaban J connectivity index is 1.93. The van der Waals surface area contributed by atoms with E-state index in [0.717, 1.165) is 12.1 Å². The summed E-state index contributed by atoms with van der Waals surface area (Å²) in [6.07, 6.45) is 1.70. The highest BCUT2D eigenvalue weighted by Gasteiger charge is 2.27. The summed E-state index contributed by atoms with van der Waals surface area (Å²) in [5.41, 5.74) is 1.30. The van der Waals surface area contributed by atoms with Crippen LogP contribution in [-0.4, -0.2) is 40.0 Å². The zero-order valence-electron chi connectivity index (χ0n) is 11.0. The van der Waals surface area contributed by atoms with Crippen LogP contribution in [0.1, 0.15) is 35.4 Å². The summed E-state index contributed by atoms with van der Waals surface area (Å²) in [4.78, 5) is 28.8. The van der Waals surface area contributed by atoms with Crippen molar-refractivity contribution >= 4 is 11.9 Å². The fraction of sp³-hybridized carbons (Fsp3) is 0.500. The van der Waals surface area contributed by atoms with Crippen molar-refractivity contribution < 1.29 is 14.7 Å². The second-order valence-corrected chi connectivity index (χ2v) is 5.00. The molecule has 2 heterocycles. The molecule has 1 fully saturated rings. The third-order valence-corrected chi connectivity index (χ3v) is 3.45. The molecule has 5 heteroatoms. The van der Waals surface area contributed by atoms with Crippen molar-refractivity contribution in [3.63, 3.8) is 0 Å². The van der Waals surface area contributed by atoms with Crippen LogP contribution in [-0.2, 0) is 4.79 Å². The van der Waals surface area contributed by atoms with Crippen LogP contribution >= 0.6 is 0 Å². The van der Waals surface area contributed by atoms with E-state index in [9.17, 15) is 9.59 Å². The Morgan fingerprint density at radius 1 is 1.47 bits per heavy atom. The number of pyridine rings is 1. The average molecular weight is 262 g/mol. The van der Waals surface area contributed by atoms with Gasteiger partial charge in [0.25, 0.3) is 5.91 Å². The molecule has 1 aliphatic heterocycles. The van der Waals surface area contributed by atoms with E-state index in [1.807, 2.05) is 19.1 Å². The Hall–Kier alpha value is -1.91. The molecule has 5 nitrogen and oxygen atoms in total. The summed E-state index contributed by atoms with van der Waals surface area (Å²) in [5.74, 6) is -0.531. The van der Waals surface area contributed by atoms with Gasteiger partial charge in [-0.3, -0.25) is 9.59 Å². The minimum atomic E-state index is -0.773. The van der Waals surface area contributed by atoms with Crippen LogP contribution in [0.5, 0.6) is 0 Å². The number of aryl methyl sites for hydroxylation is 1. The predicted octanol–water partition coefficient (Wildman–Crippen LogP) is 1.72. The molecule has 1 N–H and O–H groups in total. The maximum absolute atomic E-state index is 12.2. The summed E-state index contributed by atoms with van der Waals surface area (Å²) in [7, 11) is 0. The van der Waals surface area contributed by atoms with Crippen LogP contribution in [0.25, 0.3) is 0 Å². The molecule has 0 spiro atoms. The fourth-order valence-corrected chi connectivity index (χ4v) is 2.40. The maximum atomic E-state index is 12.2. The van der Waals surface area contributed by atoms with Gasteiger partial charge >= 0.3 is 5.97 Å². The third-order valence-electron chi connectivity index (χ3n) is 3.45. The van der Waals surface area contributed by atoms with Gasteiger partial charge in [-0.2, -0.15) is 0 Å². The molecule has 1 unspecified atom stereocenters. The fourth-order valence-electron chi connectivity index (χ4n) is 2.40. The molecule has 1 aliphatic rings. The molecule has 0 aromatic carbocycles. The monoisotopic (exact) mass is 262 g/mol. The number of amides is 1. The summed E-state index contributed by atoms with van der Waals surface area (Å²) < 4.78 is 0. The summed E-state index contributed by atoms with van der Waals surface area (Å²) in [6.45, 7) is 3.19. The molecule has 1 saturated heterocycles. The summed E-state index contributed by atoms with van der Waals surface area (Å²) >= 11 is 0. The standard InChI is InChI=1S/C14H18N2O3/c1-10-3-2-4-12(15-10)14(19)16-8-7-11(9-16)5-6-13(17)18/h2-4,11H,5-9H2,1H3,(H,17,18). The Morgan fingerprint density at radius 3 is 2.95 bits per heavy atom. The minimum absolute atomic E-state index is 0.0541. The number of nitrogens with zero attached hydrogens (tertiary/aromatic N) is 2. The molecule has 0 bridgehead atoms. The molecular formula is C14H18N2O3. The molecule has 1 amide bonds. The van der Waals surface area contributed by atoms with Crippen LogP contribution in [0.3, 0.4) is 0 Å². The van der Waals surface area contributed by atoms with Crippen LogP contribution in [0.2, 0.25) is 0 Å². The SMILES string of the molecule is Cc1cccc(C(=O)N2CCC(CCC(=O)O)C2)n1. The first-order valence-corrected chi connectivity index (χ1v) is 6.51. The van der Waals surface area contributed by atoms with Crippen molar-refractivity contribution in [3.8, 4) is 0 Å². The number of carboxylic acid groups (broad SMARTS) is 1. The number of carboxylic acids is 1. The highest BCUT2D eigenvalue weighted by molar-refractivity contribution is 5.92. The van der Waals surface area contributed by atoms with E-state index >= 15 is 0 Å². The second-order valence-electron chi connectivity index (χ2n) is 5.00. The van der Waals surface area contributed by atoms with Gasteiger partial charge in [0.05, 0.1) is 0 Å². The van der Waals surface area contributed by atoms with Gasteiger partial charge in [0.15, 0.2) is 0 Å². The Morgan fingerprint density at radius 2 is 2.26 bits per heavy atom. The van der Waals surface area contributed by atoms with Gasteiger partial charge in [-0.15, -0.1) is 0 Å². The summed E-state index contributed by atoms with van der Waals surface area (Å²) in [5, 5.41) is 8.67. The zero-order chi connectivity index (χ0) is 13.8. The molecule has 1 atom stereocenters. The van der Waals surface area contributed by atoms with Gasteiger partial charge < -0.3 is 10.0 Å². The topological polar surface area (TPSA) is 70.5 Å². The first kappa shape index (κ1) is 13.5. The number of aliphatic carboxylic acids is 1. The first-order chi connectivity index (χ1) is 9.06. The molecule has 2 rings (SSSR count). The van der Waals surface area contributed by atoms with Gasteiger partial charge in [-0.05, 0) is 37.8 Å². The van der Waals surface area contributed by atoms with Gasteiger partial charge in [0.2, 0.25) is 0 Å². The number of hydrogen-bond acceptors (Lipinski definition) is 3. The highest BCUT2D eigenvalue weighted by Crippen LogP contribution is 2.22. The third kappa shape index (κ3) is 3.53. The molecule has 1 aromatic rings.